The average Bonchev–Trinajstić information content (AvgIpc) is 3.63. The van der Waals surface area contributed by atoms with Gasteiger partial charge in [-0.25, -0.2) is 9.78 Å². The number of amides is 1. The lowest BCUT2D eigenvalue weighted by Crippen LogP contribution is -2.37. The summed E-state index contributed by atoms with van der Waals surface area (Å²) in [6.45, 7) is 0. The summed E-state index contributed by atoms with van der Waals surface area (Å²) in [5.41, 5.74) is 5.62. The lowest BCUT2D eigenvalue weighted by molar-refractivity contribution is -0.615. The third-order valence-corrected chi connectivity index (χ3v) is 7.39. The topological polar surface area (TPSA) is 138 Å². The molecule has 1 atom stereocenters. The Labute approximate surface area is 238 Å². The standard InChI is InChI=1S/C27H22Cl2N8O3/c1-40-27(38)31-19-8-5-15(6-9-19)23-25(29)33-26(32-23)20-4-2-3-16-11-17(13-37(39)24(16)20)21-12-18(28)7-10-22(21)36-14-30-34-35-36/h5-14,20H,2-4H2,1H3,(H,31,38)(H,32,33). The molecule has 0 spiro atoms. The zero-order valence-corrected chi connectivity index (χ0v) is 22.6. The van der Waals surface area contributed by atoms with E-state index in [2.05, 4.69) is 30.6 Å². The smallest absolute Gasteiger partial charge is 0.411 e. The predicted octanol–water partition coefficient (Wildman–Crippen LogP) is 5.31. The molecule has 0 aliphatic heterocycles. The van der Waals surface area contributed by atoms with Crippen molar-refractivity contribution in [3.8, 4) is 28.1 Å². The molecule has 0 saturated carbocycles. The summed E-state index contributed by atoms with van der Waals surface area (Å²) in [6.07, 6.45) is 4.85. The molecule has 1 amide bonds. The number of aromatic amines is 1. The van der Waals surface area contributed by atoms with E-state index in [9.17, 15) is 10.0 Å². The van der Waals surface area contributed by atoms with Gasteiger partial charge in [0.1, 0.15) is 28.9 Å². The van der Waals surface area contributed by atoms with Gasteiger partial charge in [-0.05, 0) is 66.1 Å². The summed E-state index contributed by atoms with van der Waals surface area (Å²) < 4.78 is 7.08. The van der Waals surface area contributed by atoms with Crippen molar-refractivity contribution in [1.82, 2.24) is 30.2 Å². The van der Waals surface area contributed by atoms with Crippen LogP contribution in [0.25, 0.3) is 28.1 Å². The van der Waals surface area contributed by atoms with E-state index in [1.807, 2.05) is 12.1 Å². The number of carbonyl (C=O) groups is 1. The number of tetrazole rings is 1. The number of halogens is 2. The summed E-state index contributed by atoms with van der Waals surface area (Å²) in [6, 6.07) is 14.5. The number of nitrogens with one attached hydrogen (secondary N) is 2. The van der Waals surface area contributed by atoms with E-state index in [4.69, 9.17) is 28.2 Å². The molecule has 0 radical (unpaired) electrons. The number of fused-ring (bicyclic) bond motifs is 1. The maximum atomic E-state index is 13.6. The number of H-pyrrole nitrogens is 1. The van der Waals surface area contributed by atoms with Crippen molar-refractivity contribution < 1.29 is 14.3 Å². The number of rotatable bonds is 5. The van der Waals surface area contributed by atoms with Gasteiger partial charge in [0.25, 0.3) is 0 Å². The quantitative estimate of drug-likeness (QED) is 0.213. The number of pyridine rings is 1. The number of aromatic nitrogens is 7. The minimum atomic E-state index is -0.556. The number of carbonyl (C=O) groups excluding carboxylic acids is 1. The average molecular weight is 577 g/mol. The van der Waals surface area contributed by atoms with Gasteiger partial charge in [-0.2, -0.15) is 9.41 Å². The molecular weight excluding hydrogens is 555 g/mol. The van der Waals surface area contributed by atoms with Gasteiger partial charge in [0, 0.05) is 33.0 Å². The van der Waals surface area contributed by atoms with Gasteiger partial charge in [0.2, 0.25) is 5.69 Å². The lowest BCUT2D eigenvalue weighted by atomic mass is 9.85. The largest absolute Gasteiger partial charge is 0.618 e. The summed E-state index contributed by atoms with van der Waals surface area (Å²) in [7, 11) is 1.30. The summed E-state index contributed by atoms with van der Waals surface area (Å²) in [5.74, 6) is 0.354. The zero-order chi connectivity index (χ0) is 27.8. The molecule has 13 heteroatoms. The Morgan fingerprint density at radius 3 is 2.75 bits per heavy atom. The second kappa shape index (κ2) is 10.6. The van der Waals surface area contributed by atoms with E-state index in [1.165, 1.54) is 18.1 Å². The van der Waals surface area contributed by atoms with Crippen molar-refractivity contribution >= 4 is 35.0 Å². The predicted molar refractivity (Wildman–Crippen MR) is 148 cm³/mol. The highest BCUT2D eigenvalue weighted by molar-refractivity contribution is 6.32. The Morgan fingerprint density at radius 2 is 2.00 bits per heavy atom. The van der Waals surface area contributed by atoms with E-state index in [0.29, 0.717) is 44.3 Å². The van der Waals surface area contributed by atoms with Gasteiger partial charge >= 0.3 is 6.09 Å². The van der Waals surface area contributed by atoms with Crippen molar-refractivity contribution in [3.63, 3.8) is 0 Å². The van der Waals surface area contributed by atoms with Crippen molar-refractivity contribution in [2.75, 3.05) is 12.4 Å². The zero-order valence-electron chi connectivity index (χ0n) is 21.1. The van der Waals surface area contributed by atoms with Crippen LogP contribution in [-0.2, 0) is 11.2 Å². The van der Waals surface area contributed by atoms with Crippen molar-refractivity contribution in [2.45, 2.75) is 25.2 Å². The second-order valence-corrected chi connectivity index (χ2v) is 10.1. The third kappa shape index (κ3) is 4.85. The van der Waals surface area contributed by atoms with Crippen LogP contribution in [0.4, 0.5) is 10.5 Å². The molecule has 1 aliphatic rings. The minimum Gasteiger partial charge on any atom is -0.618 e. The summed E-state index contributed by atoms with van der Waals surface area (Å²) in [4.78, 5) is 19.5. The Kier molecular flexibility index (Phi) is 6.82. The number of nitrogens with zero attached hydrogens (tertiary/aromatic N) is 6. The molecule has 1 unspecified atom stereocenters. The number of aryl methyl sites for hydroxylation is 1. The highest BCUT2D eigenvalue weighted by Crippen LogP contribution is 2.38. The van der Waals surface area contributed by atoms with Crippen LogP contribution in [-0.4, -0.2) is 43.4 Å². The number of hydrogen-bond donors (Lipinski definition) is 2. The van der Waals surface area contributed by atoms with E-state index in [-0.39, 0.29) is 5.92 Å². The number of benzene rings is 2. The molecule has 40 heavy (non-hydrogen) atoms. The molecule has 2 N–H and O–H groups in total. The number of imidazole rings is 1. The molecule has 0 bridgehead atoms. The van der Waals surface area contributed by atoms with Gasteiger partial charge in [-0.3, -0.25) is 5.32 Å². The maximum Gasteiger partial charge on any atom is 0.411 e. The van der Waals surface area contributed by atoms with Crippen LogP contribution in [0, 0.1) is 5.21 Å². The highest BCUT2D eigenvalue weighted by Gasteiger charge is 2.33. The molecule has 3 aromatic heterocycles. The Balaban J connectivity index is 1.35. The molecule has 202 valence electrons. The fourth-order valence-electron chi connectivity index (χ4n) is 5.08. The Bertz CT molecular complexity index is 1700. The van der Waals surface area contributed by atoms with Crippen LogP contribution in [0.5, 0.6) is 0 Å². The summed E-state index contributed by atoms with van der Waals surface area (Å²) >= 11 is 12.9. The second-order valence-electron chi connectivity index (χ2n) is 9.30. The molecule has 0 saturated heterocycles. The van der Waals surface area contributed by atoms with E-state index in [1.54, 1.807) is 42.6 Å². The van der Waals surface area contributed by atoms with Crippen LogP contribution >= 0.6 is 23.2 Å². The minimum absolute atomic E-state index is 0.264. The van der Waals surface area contributed by atoms with Gasteiger partial charge in [0.15, 0.2) is 6.20 Å². The monoisotopic (exact) mass is 576 g/mol. The van der Waals surface area contributed by atoms with E-state index >= 15 is 0 Å². The molecule has 2 aromatic carbocycles. The fourth-order valence-corrected chi connectivity index (χ4v) is 5.50. The number of anilines is 1. The molecule has 5 aromatic rings. The first-order valence-electron chi connectivity index (χ1n) is 12.4. The number of hydrogen-bond acceptors (Lipinski definition) is 7. The van der Waals surface area contributed by atoms with Crippen molar-refractivity contribution in [2.24, 2.45) is 0 Å². The van der Waals surface area contributed by atoms with Crippen LogP contribution < -0.4 is 10.0 Å². The van der Waals surface area contributed by atoms with Crippen LogP contribution in [0.2, 0.25) is 10.2 Å². The first-order chi connectivity index (χ1) is 19.4. The normalized spacial score (nSPS) is 14.5. The lowest BCUT2D eigenvalue weighted by Gasteiger charge is -2.23. The van der Waals surface area contributed by atoms with Gasteiger partial charge < -0.3 is 14.9 Å². The van der Waals surface area contributed by atoms with Gasteiger partial charge in [-0.1, -0.05) is 35.3 Å². The summed E-state index contributed by atoms with van der Waals surface area (Å²) in [5, 5.41) is 28.5. The molecule has 6 rings (SSSR count). The number of methoxy groups -OCH3 is 1. The Hall–Kier alpha value is -4.48. The van der Waals surface area contributed by atoms with Crippen LogP contribution in [0.1, 0.15) is 35.8 Å². The van der Waals surface area contributed by atoms with Crippen molar-refractivity contribution in [3.05, 3.63) is 93.5 Å². The highest BCUT2D eigenvalue weighted by atomic mass is 35.5. The van der Waals surface area contributed by atoms with Crippen molar-refractivity contribution in [1.29, 1.82) is 0 Å². The first-order valence-corrected chi connectivity index (χ1v) is 13.2. The molecule has 0 fully saturated rings. The fraction of sp³-hybridized carbons (Fsp3) is 0.185. The molecule has 1 aliphatic carbocycles. The van der Waals surface area contributed by atoms with Crippen LogP contribution in [0.3, 0.4) is 0 Å². The van der Waals surface area contributed by atoms with E-state index in [0.717, 1.165) is 40.7 Å². The third-order valence-electron chi connectivity index (χ3n) is 6.89. The van der Waals surface area contributed by atoms with Crippen LogP contribution in [0.15, 0.2) is 61.1 Å². The van der Waals surface area contributed by atoms with Gasteiger partial charge in [0.05, 0.1) is 12.8 Å². The number of ether oxygens (including phenoxy) is 1. The Morgan fingerprint density at radius 1 is 1.18 bits per heavy atom. The maximum absolute atomic E-state index is 13.6. The van der Waals surface area contributed by atoms with Gasteiger partial charge in [-0.15, -0.1) is 5.10 Å². The first kappa shape index (κ1) is 25.8. The molecule has 11 nitrogen and oxygen atoms in total. The molecule has 3 heterocycles. The van der Waals surface area contributed by atoms with E-state index < -0.39 is 6.09 Å². The molecular formula is C27H22Cl2N8O3. The SMILES string of the molecule is COC(=O)Nc1ccc(-c2nc(C3CCCc4cc(-c5cc(Cl)ccc5-n5cnnn5)c[n+]([O-])c43)[nH]c2Cl)cc1.